The smallest absolute Gasteiger partial charge is 0.181 e. The lowest BCUT2D eigenvalue weighted by Crippen LogP contribution is -2.00. The number of halogens is 2. The molecule has 0 aliphatic carbocycles. The van der Waals surface area contributed by atoms with Gasteiger partial charge in [0.25, 0.3) is 0 Å². The first-order valence-corrected chi connectivity index (χ1v) is 4.01. The van der Waals surface area contributed by atoms with Gasteiger partial charge in [0.05, 0.1) is 0 Å². The van der Waals surface area contributed by atoms with Gasteiger partial charge in [-0.3, -0.25) is 4.79 Å². The summed E-state index contributed by atoms with van der Waals surface area (Å²) in [7, 11) is 0. The lowest BCUT2D eigenvalue weighted by Gasteiger charge is -1.96. The summed E-state index contributed by atoms with van der Waals surface area (Å²) in [6, 6.07) is 1.28. The van der Waals surface area contributed by atoms with Crippen LogP contribution in [0.25, 0.3) is 0 Å². The van der Waals surface area contributed by atoms with Crippen molar-refractivity contribution in [3.8, 4) is 0 Å². The monoisotopic (exact) mass is 265 g/mol. The van der Waals surface area contributed by atoms with Gasteiger partial charge in [-0.15, -0.1) is 0 Å². The zero-order valence-electron chi connectivity index (χ0n) is 5.77. The maximum absolute atomic E-state index is 12.8. The van der Waals surface area contributed by atoms with Crippen molar-refractivity contribution in [3.63, 3.8) is 0 Å². The molecule has 0 bridgehead atoms. The maximum Gasteiger partial charge on any atom is 0.181 e. The molecule has 1 aromatic heterocycles. The van der Waals surface area contributed by atoms with Crippen molar-refractivity contribution < 1.29 is 9.18 Å². The number of aromatic nitrogens is 1. The summed E-state index contributed by atoms with van der Waals surface area (Å²) in [5, 5.41) is 0. The van der Waals surface area contributed by atoms with Crippen molar-refractivity contribution in [1.29, 1.82) is 0 Å². The molecule has 11 heavy (non-hydrogen) atoms. The Kier molecular flexibility index (Phi) is 2.53. The van der Waals surface area contributed by atoms with Crippen molar-refractivity contribution >= 4 is 28.4 Å². The lowest BCUT2D eigenvalue weighted by atomic mass is 10.3. The minimum atomic E-state index is -0.551. The Morgan fingerprint density at radius 3 is 2.82 bits per heavy atom. The molecule has 0 atom stereocenters. The van der Waals surface area contributed by atoms with Crippen LogP contribution in [-0.4, -0.2) is 10.8 Å². The third-order valence-corrected chi connectivity index (χ3v) is 1.73. The van der Waals surface area contributed by atoms with Crippen molar-refractivity contribution in [2.45, 2.75) is 6.92 Å². The second-order valence-corrected chi connectivity index (χ2v) is 3.29. The molecule has 0 saturated carbocycles. The Hall–Kier alpha value is -0.520. The molecule has 0 radical (unpaired) electrons. The highest BCUT2D eigenvalue weighted by Crippen LogP contribution is 2.09. The van der Waals surface area contributed by atoms with Crippen LogP contribution in [0.3, 0.4) is 0 Å². The van der Waals surface area contributed by atoms with Gasteiger partial charge in [-0.2, -0.15) is 0 Å². The van der Waals surface area contributed by atoms with E-state index in [-0.39, 0.29) is 11.5 Å². The molecular weight excluding hydrogens is 260 g/mol. The topological polar surface area (TPSA) is 30.0 Å². The van der Waals surface area contributed by atoms with Gasteiger partial charge < -0.3 is 0 Å². The van der Waals surface area contributed by atoms with Crippen molar-refractivity contribution in [1.82, 2.24) is 4.98 Å². The Morgan fingerprint density at radius 2 is 2.36 bits per heavy atom. The molecule has 58 valence electrons. The highest BCUT2D eigenvalue weighted by Gasteiger charge is 2.07. The molecule has 0 fully saturated rings. The van der Waals surface area contributed by atoms with Gasteiger partial charge in [0.15, 0.2) is 11.6 Å². The average molecular weight is 265 g/mol. The number of hydrogen-bond donors (Lipinski definition) is 0. The van der Waals surface area contributed by atoms with Crippen LogP contribution in [0, 0.1) is 9.39 Å². The van der Waals surface area contributed by atoms with Crippen LogP contribution in [0.15, 0.2) is 12.3 Å². The number of carbonyl (C=O) groups is 1. The third-order valence-electron chi connectivity index (χ3n) is 1.14. The molecule has 0 aromatic carbocycles. The van der Waals surface area contributed by atoms with Crippen LogP contribution in [0.5, 0.6) is 0 Å². The predicted octanol–water partition coefficient (Wildman–Crippen LogP) is 2.03. The summed E-state index contributed by atoms with van der Waals surface area (Å²) in [6.45, 7) is 1.29. The van der Waals surface area contributed by atoms with E-state index in [1.165, 1.54) is 19.2 Å². The fourth-order valence-corrected chi connectivity index (χ4v) is 1.09. The summed E-state index contributed by atoms with van der Waals surface area (Å²) in [5.41, 5.74) is -0.0922. The van der Waals surface area contributed by atoms with E-state index >= 15 is 0 Å². The second kappa shape index (κ2) is 3.25. The molecule has 2 nitrogen and oxygen atoms in total. The van der Waals surface area contributed by atoms with E-state index in [0.29, 0.717) is 3.57 Å². The first kappa shape index (κ1) is 8.58. The summed E-state index contributed by atoms with van der Waals surface area (Å²) >= 11 is 1.93. The zero-order valence-corrected chi connectivity index (χ0v) is 7.92. The first-order chi connectivity index (χ1) is 5.11. The van der Waals surface area contributed by atoms with E-state index in [4.69, 9.17) is 0 Å². The van der Waals surface area contributed by atoms with Crippen LogP contribution < -0.4 is 0 Å². The lowest BCUT2D eigenvalue weighted by molar-refractivity contribution is 0.100. The fourth-order valence-electron chi connectivity index (χ4n) is 0.674. The van der Waals surface area contributed by atoms with Crippen LogP contribution >= 0.6 is 22.6 Å². The largest absolute Gasteiger partial charge is 0.293 e. The molecule has 0 saturated heterocycles. The van der Waals surface area contributed by atoms with Crippen molar-refractivity contribution in [3.05, 3.63) is 27.3 Å². The van der Waals surface area contributed by atoms with E-state index < -0.39 is 5.82 Å². The number of hydrogen-bond acceptors (Lipinski definition) is 2. The van der Waals surface area contributed by atoms with Crippen LogP contribution in [0.4, 0.5) is 4.39 Å². The second-order valence-electron chi connectivity index (χ2n) is 2.04. The minimum Gasteiger partial charge on any atom is -0.293 e. The number of nitrogens with zero attached hydrogens (tertiary/aromatic N) is 1. The normalized spacial score (nSPS) is 9.73. The van der Waals surface area contributed by atoms with Gasteiger partial charge in [0.2, 0.25) is 0 Å². The number of rotatable bonds is 1. The van der Waals surface area contributed by atoms with E-state index in [1.807, 2.05) is 22.6 Å². The Morgan fingerprint density at radius 1 is 1.73 bits per heavy atom. The van der Waals surface area contributed by atoms with Crippen molar-refractivity contribution in [2.24, 2.45) is 0 Å². The number of Topliss-reactive ketones (excluding diaryl/α,β-unsaturated/α-hetero) is 1. The zero-order chi connectivity index (χ0) is 8.43. The van der Waals surface area contributed by atoms with Crippen LogP contribution in [0.2, 0.25) is 0 Å². The summed E-state index contributed by atoms with van der Waals surface area (Å²) in [5.74, 6) is -0.900. The van der Waals surface area contributed by atoms with Gasteiger partial charge in [-0.25, -0.2) is 9.37 Å². The van der Waals surface area contributed by atoms with Crippen LogP contribution in [-0.2, 0) is 0 Å². The van der Waals surface area contributed by atoms with Crippen LogP contribution in [0.1, 0.15) is 17.4 Å². The minimum absolute atomic E-state index is 0.0922. The van der Waals surface area contributed by atoms with Gasteiger partial charge in [0, 0.05) is 16.7 Å². The molecule has 0 unspecified atom stereocenters. The van der Waals surface area contributed by atoms with E-state index in [1.54, 1.807) is 0 Å². The summed E-state index contributed by atoms with van der Waals surface area (Å²) < 4.78 is 13.5. The average Bonchev–Trinajstić information content (AvgIpc) is 1.85. The highest BCUT2D eigenvalue weighted by molar-refractivity contribution is 14.1. The molecule has 0 spiro atoms. The standard InChI is InChI=1S/C7H5FINO/c1-4(11)7-6(8)2-5(9)3-10-7/h2-3H,1H3. The van der Waals surface area contributed by atoms with E-state index in [2.05, 4.69) is 4.98 Å². The molecule has 0 aliphatic heterocycles. The van der Waals surface area contributed by atoms with Gasteiger partial charge in [0.1, 0.15) is 5.69 Å². The van der Waals surface area contributed by atoms with Gasteiger partial charge in [-0.1, -0.05) is 0 Å². The summed E-state index contributed by atoms with van der Waals surface area (Å²) in [4.78, 5) is 14.3. The van der Waals surface area contributed by atoms with Gasteiger partial charge in [-0.05, 0) is 28.7 Å². The SMILES string of the molecule is CC(=O)c1ncc(I)cc1F. The number of ketones is 1. The van der Waals surface area contributed by atoms with Gasteiger partial charge >= 0.3 is 0 Å². The Balaban J connectivity index is 3.20. The Bertz CT molecular complexity index is 300. The molecule has 1 aromatic rings. The molecular formula is C7H5FINO. The molecule has 4 heteroatoms. The predicted molar refractivity (Wildman–Crippen MR) is 46.9 cm³/mol. The third kappa shape index (κ3) is 1.95. The molecule has 0 amide bonds. The Labute approximate surface area is 77.0 Å². The maximum atomic E-state index is 12.8. The number of carbonyl (C=O) groups excluding carboxylic acids is 1. The molecule has 0 aliphatic rings. The molecule has 0 N–H and O–H groups in total. The molecule has 1 heterocycles. The first-order valence-electron chi connectivity index (χ1n) is 2.93. The highest BCUT2D eigenvalue weighted by atomic mass is 127. The molecule has 1 rings (SSSR count). The van der Waals surface area contributed by atoms with Crippen molar-refractivity contribution in [2.75, 3.05) is 0 Å². The number of pyridine rings is 1. The van der Waals surface area contributed by atoms with E-state index in [9.17, 15) is 9.18 Å². The quantitative estimate of drug-likeness (QED) is 0.574. The fraction of sp³-hybridized carbons (Fsp3) is 0.143. The summed E-state index contributed by atoms with van der Waals surface area (Å²) in [6.07, 6.45) is 1.46. The van der Waals surface area contributed by atoms with E-state index in [0.717, 1.165) is 0 Å².